The van der Waals surface area contributed by atoms with Crippen molar-refractivity contribution in [3.63, 3.8) is 0 Å². The number of aryl methyl sites for hydroxylation is 1. The van der Waals surface area contributed by atoms with Crippen molar-refractivity contribution < 1.29 is 14.3 Å². The molecule has 0 bridgehead atoms. The number of rotatable bonds is 13. The largest absolute Gasteiger partial charge is 0.465 e. The van der Waals surface area contributed by atoms with Gasteiger partial charge in [0, 0.05) is 0 Å². The number of ether oxygens (including phenoxy) is 1. The van der Waals surface area contributed by atoms with Crippen LogP contribution in [-0.2, 0) is 20.7 Å². The third-order valence-electron chi connectivity index (χ3n) is 5.23. The third kappa shape index (κ3) is 7.92. The summed E-state index contributed by atoms with van der Waals surface area (Å²) in [7, 11) is 0. The van der Waals surface area contributed by atoms with Crippen LogP contribution in [0.4, 0.5) is 0 Å². The summed E-state index contributed by atoms with van der Waals surface area (Å²) in [5, 5.41) is 3.27. The Morgan fingerprint density at radius 1 is 1.06 bits per heavy atom. The van der Waals surface area contributed by atoms with Gasteiger partial charge in [0.1, 0.15) is 6.04 Å². The molecule has 2 unspecified atom stereocenters. The van der Waals surface area contributed by atoms with E-state index < -0.39 is 12.1 Å². The van der Waals surface area contributed by atoms with Crippen LogP contribution in [0.5, 0.6) is 0 Å². The van der Waals surface area contributed by atoms with Crippen molar-refractivity contribution in [2.45, 2.75) is 55.5 Å². The number of carbonyl (C=O) groups excluding carboxylic acids is 2. The van der Waals surface area contributed by atoms with Gasteiger partial charge in [-0.15, -0.1) is 11.3 Å². The first-order valence-electron chi connectivity index (χ1n) is 11.3. The Bertz CT molecular complexity index is 993. The van der Waals surface area contributed by atoms with Crippen LogP contribution in [0.25, 0.3) is 10.2 Å². The minimum absolute atomic E-state index is 0.0416. The molecule has 0 saturated heterocycles. The van der Waals surface area contributed by atoms with Crippen molar-refractivity contribution in [2.24, 2.45) is 5.73 Å². The van der Waals surface area contributed by atoms with Gasteiger partial charge in [0.05, 0.1) is 22.9 Å². The smallest absolute Gasteiger partial charge is 0.323 e. The van der Waals surface area contributed by atoms with E-state index in [1.54, 1.807) is 6.92 Å². The van der Waals surface area contributed by atoms with Gasteiger partial charge in [-0.2, -0.15) is 0 Å². The molecular formula is C25H31N3O3S2. The van der Waals surface area contributed by atoms with Crippen molar-refractivity contribution in [3.8, 4) is 0 Å². The number of unbranched alkanes of at least 4 members (excludes halogenated alkanes) is 1. The second-order valence-corrected chi connectivity index (χ2v) is 9.98. The minimum Gasteiger partial charge on any atom is -0.465 e. The SMILES string of the molecule is CCOC(=O)C(CCc1ccccc1)NC(CCCCN)C(=O)Sc1nc2ccccc2s1. The molecule has 0 fully saturated rings. The molecule has 0 spiro atoms. The van der Waals surface area contributed by atoms with Crippen LogP contribution in [-0.4, -0.2) is 41.3 Å². The Morgan fingerprint density at radius 3 is 2.55 bits per heavy atom. The van der Waals surface area contributed by atoms with Crippen molar-refractivity contribution in [1.82, 2.24) is 10.3 Å². The van der Waals surface area contributed by atoms with Crippen LogP contribution in [0.15, 0.2) is 58.9 Å². The second-order valence-electron chi connectivity index (χ2n) is 7.70. The van der Waals surface area contributed by atoms with Gasteiger partial charge in [0.2, 0.25) is 5.12 Å². The van der Waals surface area contributed by atoms with Gasteiger partial charge in [0.15, 0.2) is 4.34 Å². The monoisotopic (exact) mass is 485 g/mol. The number of nitrogens with zero attached hydrogens (tertiary/aromatic N) is 1. The number of esters is 1. The summed E-state index contributed by atoms with van der Waals surface area (Å²) in [6, 6.07) is 16.8. The summed E-state index contributed by atoms with van der Waals surface area (Å²) in [6.45, 7) is 2.66. The number of para-hydroxylation sites is 1. The quantitative estimate of drug-likeness (QED) is 0.208. The van der Waals surface area contributed by atoms with Crippen LogP contribution in [0, 0.1) is 0 Å². The van der Waals surface area contributed by atoms with Crippen molar-refractivity contribution >= 4 is 44.4 Å². The number of hydrogen-bond donors (Lipinski definition) is 2. The summed E-state index contributed by atoms with van der Waals surface area (Å²) in [5.41, 5.74) is 7.69. The maximum absolute atomic E-state index is 13.3. The molecule has 2 aromatic carbocycles. The van der Waals surface area contributed by atoms with Gasteiger partial charge in [-0.1, -0.05) is 48.9 Å². The normalized spacial score (nSPS) is 13.0. The Labute approximate surface area is 203 Å². The maximum atomic E-state index is 13.3. The van der Waals surface area contributed by atoms with E-state index in [1.165, 1.54) is 11.3 Å². The van der Waals surface area contributed by atoms with E-state index in [1.807, 2.05) is 54.6 Å². The Morgan fingerprint density at radius 2 is 1.82 bits per heavy atom. The minimum atomic E-state index is -0.562. The number of aromatic nitrogens is 1. The lowest BCUT2D eigenvalue weighted by Gasteiger charge is -2.23. The van der Waals surface area contributed by atoms with E-state index in [0.717, 1.165) is 40.4 Å². The third-order valence-corrected chi connectivity index (χ3v) is 7.31. The van der Waals surface area contributed by atoms with Crippen LogP contribution < -0.4 is 11.1 Å². The zero-order valence-corrected chi connectivity index (χ0v) is 20.5. The first-order valence-corrected chi connectivity index (χ1v) is 13.0. The summed E-state index contributed by atoms with van der Waals surface area (Å²) >= 11 is 2.64. The molecule has 6 nitrogen and oxygen atoms in total. The zero-order chi connectivity index (χ0) is 23.5. The number of nitrogens with one attached hydrogen (secondary N) is 1. The van der Waals surface area contributed by atoms with Crippen molar-refractivity contribution in [1.29, 1.82) is 0 Å². The Kier molecular flexibility index (Phi) is 10.3. The Balaban J connectivity index is 1.71. The average molecular weight is 486 g/mol. The molecule has 0 aliphatic carbocycles. The van der Waals surface area contributed by atoms with Crippen molar-refractivity contribution in [2.75, 3.05) is 13.2 Å². The summed E-state index contributed by atoms with van der Waals surface area (Å²) < 4.78 is 7.07. The fraction of sp³-hybridized carbons (Fsp3) is 0.400. The number of carbonyl (C=O) groups is 2. The number of thiazole rings is 1. The summed E-state index contributed by atoms with van der Waals surface area (Å²) in [5.74, 6) is -0.324. The van der Waals surface area contributed by atoms with Gasteiger partial charge in [-0.3, -0.25) is 14.9 Å². The van der Waals surface area contributed by atoms with Crippen LogP contribution in [0.3, 0.4) is 0 Å². The standard InChI is InChI=1S/C25H31N3O3S2/c1-2-31-23(29)20(16-15-18-10-4-3-5-11-18)27-21(13-8-9-17-26)24(30)33-25-28-19-12-6-7-14-22(19)32-25/h3-7,10-12,14,20-21,27H,2,8-9,13,15-17,26H2,1H3. The van der Waals surface area contributed by atoms with E-state index in [-0.39, 0.29) is 11.1 Å². The van der Waals surface area contributed by atoms with Gasteiger partial charge >= 0.3 is 5.97 Å². The van der Waals surface area contributed by atoms with Gasteiger partial charge in [-0.05, 0) is 68.6 Å². The maximum Gasteiger partial charge on any atom is 0.323 e. The van der Waals surface area contributed by atoms with Crippen LogP contribution >= 0.6 is 23.1 Å². The number of benzene rings is 2. The number of thioether (sulfide) groups is 1. The molecule has 3 rings (SSSR count). The first kappa shape index (κ1) is 25.4. The molecule has 0 amide bonds. The molecule has 0 aliphatic heterocycles. The highest BCUT2D eigenvalue weighted by atomic mass is 32.2. The van der Waals surface area contributed by atoms with E-state index in [2.05, 4.69) is 10.3 Å². The number of hydrogen-bond acceptors (Lipinski definition) is 8. The molecule has 0 aliphatic rings. The van der Waals surface area contributed by atoms with Crippen LogP contribution in [0.1, 0.15) is 38.2 Å². The van der Waals surface area contributed by atoms with E-state index >= 15 is 0 Å². The molecule has 1 aromatic heterocycles. The zero-order valence-electron chi connectivity index (χ0n) is 18.9. The molecule has 1 heterocycles. The molecule has 2 atom stereocenters. The molecule has 3 N–H and O–H groups in total. The van der Waals surface area contributed by atoms with Gasteiger partial charge in [-0.25, -0.2) is 4.98 Å². The highest BCUT2D eigenvalue weighted by Crippen LogP contribution is 2.31. The lowest BCUT2D eigenvalue weighted by molar-refractivity contribution is -0.146. The summed E-state index contributed by atoms with van der Waals surface area (Å²) in [6.07, 6.45) is 3.50. The highest BCUT2D eigenvalue weighted by molar-refractivity contribution is 8.15. The van der Waals surface area contributed by atoms with Gasteiger partial charge in [0.25, 0.3) is 0 Å². The fourth-order valence-corrected chi connectivity index (χ4v) is 5.55. The predicted octanol–water partition coefficient (Wildman–Crippen LogP) is 4.57. The molecule has 8 heteroatoms. The fourth-order valence-electron chi connectivity index (χ4n) is 3.52. The van der Waals surface area contributed by atoms with Crippen LogP contribution in [0.2, 0.25) is 0 Å². The topological polar surface area (TPSA) is 94.3 Å². The molecule has 0 radical (unpaired) electrons. The van der Waals surface area contributed by atoms with E-state index in [9.17, 15) is 9.59 Å². The van der Waals surface area contributed by atoms with Gasteiger partial charge < -0.3 is 10.5 Å². The average Bonchev–Trinajstić information content (AvgIpc) is 3.23. The lowest BCUT2D eigenvalue weighted by Crippen LogP contribution is -2.47. The van der Waals surface area contributed by atoms with E-state index in [0.29, 0.717) is 36.8 Å². The second kappa shape index (κ2) is 13.4. The summed E-state index contributed by atoms with van der Waals surface area (Å²) in [4.78, 5) is 30.5. The molecule has 0 saturated carbocycles. The lowest BCUT2D eigenvalue weighted by atomic mass is 10.0. The van der Waals surface area contributed by atoms with E-state index in [4.69, 9.17) is 10.5 Å². The highest BCUT2D eigenvalue weighted by Gasteiger charge is 2.28. The molecule has 3 aromatic rings. The Hall–Kier alpha value is -2.26. The molecule has 33 heavy (non-hydrogen) atoms. The number of nitrogens with two attached hydrogens (primary N) is 1. The first-order chi connectivity index (χ1) is 16.1. The molecular weight excluding hydrogens is 454 g/mol. The predicted molar refractivity (Wildman–Crippen MR) is 135 cm³/mol. The number of fused-ring (bicyclic) bond motifs is 1. The molecule has 176 valence electrons. The van der Waals surface area contributed by atoms with Crippen molar-refractivity contribution in [3.05, 3.63) is 60.2 Å².